The van der Waals surface area contributed by atoms with Gasteiger partial charge in [0, 0.05) is 36.5 Å². The predicted octanol–water partition coefficient (Wildman–Crippen LogP) is 4.02. The number of nitrogens with zero attached hydrogens (tertiary/aromatic N) is 3. The van der Waals surface area contributed by atoms with E-state index in [1.165, 1.54) is 17.0 Å². The van der Waals surface area contributed by atoms with Gasteiger partial charge in [-0.1, -0.05) is 11.3 Å². The highest BCUT2D eigenvalue weighted by Gasteiger charge is 2.40. The van der Waals surface area contributed by atoms with Gasteiger partial charge in [-0.05, 0) is 44.6 Å². The molecule has 0 spiro atoms. The summed E-state index contributed by atoms with van der Waals surface area (Å²) < 4.78 is 0. The monoisotopic (exact) mass is 361 g/mol. The van der Waals surface area contributed by atoms with E-state index in [4.69, 9.17) is 4.98 Å². The molecule has 6 heteroatoms. The zero-order valence-electron chi connectivity index (χ0n) is 14.2. The molecule has 128 valence electrons. The Morgan fingerprint density at radius 2 is 2.08 bits per heavy atom. The summed E-state index contributed by atoms with van der Waals surface area (Å²) >= 11 is 3.43. The van der Waals surface area contributed by atoms with Gasteiger partial charge in [-0.25, -0.2) is 4.98 Å². The first kappa shape index (κ1) is 16.1. The molecule has 0 saturated carbocycles. The highest BCUT2D eigenvalue weighted by Crippen LogP contribution is 2.43. The van der Waals surface area contributed by atoms with Crippen LogP contribution in [0.1, 0.15) is 38.8 Å². The molecule has 0 radical (unpaired) electrons. The molecule has 4 rings (SSSR count). The summed E-state index contributed by atoms with van der Waals surface area (Å²) in [6.07, 6.45) is 4.29. The van der Waals surface area contributed by atoms with E-state index < -0.39 is 0 Å². The van der Waals surface area contributed by atoms with Crippen molar-refractivity contribution < 1.29 is 4.79 Å². The van der Waals surface area contributed by atoms with Gasteiger partial charge in [-0.15, -0.1) is 0 Å². The molecule has 0 N–H and O–H groups in total. The molecule has 2 aliphatic heterocycles. The number of amides is 1. The van der Waals surface area contributed by atoms with Gasteiger partial charge in [0.25, 0.3) is 0 Å². The number of carbonyl (C=O) groups is 1. The van der Waals surface area contributed by atoms with Crippen LogP contribution in [0.25, 0.3) is 10.6 Å². The minimum Gasteiger partial charge on any atom is -0.347 e. The van der Waals surface area contributed by atoms with Gasteiger partial charge >= 0.3 is 0 Å². The third kappa shape index (κ3) is 2.75. The Bertz CT molecular complexity index is 717. The third-order valence-corrected chi connectivity index (χ3v) is 6.75. The van der Waals surface area contributed by atoms with Gasteiger partial charge in [0.1, 0.15) is 16.1 Å². The summed E-state index contributed by atoms with van der Waals surface area (Å²) in [6.45, 7) is 6.19. The molecule has 4 heterocycles. The molecule has 1 amide bonds. The number of hydrogen-bond donors (Lipinski definition) is 0. The van der Waals surface area contributed by atoms with Gasteiger partial charge in [-0.3, -0.25) is 4.79 Å². The van der Waals surface area contributed by atoms with E-state index in [1.807, 2.05) is 0 Å². The van der Waals surface area contributed by atoms with Crippen LogP contribution in [0.2, 0.25) is 0 Å². The quantitative estimate of drug-likeness (QED) is 0.828. The number of thiazole rings is 1. The van der Waals surface area contributed by atoms with E-state index in [0.717, 1.165) is 43.1 Å². The molecule has 24 heavy (non-hydrogen) atoms. The summed E-state index contributed by atoms with van der Waals surface area (Å²) in [5.74, 6) is 0.297. The van der Waals surface area contributed by atoms with Crippen molar-refractivity contribution in [1.29, 1.82) is 0 Å². The van der Waals surface area contributed by atoms with E-state index in [0.29, 0.717) is 11.9 Å². The lowest BCUT2D eigenvalue weighted by molar-refractivity contribution is -0.133. The molecule has 0 bridgehead atoms. The maximum Gasteiger partial charge on any atom is 0.245 e. The zero-order chi connectivity index (χ0) is 16.7. The summed E-state index contributed by atoms with van der Waals surface area (Å²) in [4.78, 5) is 22.3. The molecular formula is C18H23N3OS2. The number of rotatable bonds is 3. The van der Waals surface area contributed by atoms with Crippen molar-refractivity contribution in [1.82, 2.24) is 9.88 Å². The molecule has 1 atom stereocenters. The fourth-order valence-corrected chi connectivity index (χ4v) is 5.73. The van der Waals surface area contributed by atoms with Gasteiger partial charge < -0.3 is 9.80 Å². The van der Waals surface area contributed by atoms with Crippen molar-refractivity contribution in [2.24, 2.45) is 0 Å². The number of anilines is 1. The fourth-order valence-electron chi connectivity index (χ4n) is 3.74. The number of likely N-dealkylation sites (tertiary alicyclic amines) is 1. The van der Waals surface area contributed by atoms with Crippen LogP contribution < -0.4 is 4.90 Å². The Kier molecular flexibility index (Phi) is 4.35. The predicted molar refractivity (Wildman–Crippen MR) is 101 cm³/mol. The SMILES string of the molecule is CC(C)N1c2sc(-c3ccsc3)nc2CC1C(=O)N1CCCCC1. The molecule has 0 aromatic carbocycles. The summed E-state index contributed by atoms with van der Waals surface area (Å²) in [5, 5.41) is 6.51. The first-order valence-electron chi connectivity index (χ1n) is 8.74. The third-order valence-electron chi connectivity index (χ3n) is 4.91. The Balaban J connectivity index is 1.61. The molecule has 2 aromatic heterocycles. The molecule has 2 aliphatic rings. The zero-order valence-corrected chi connectivity index (χ0v) is 15.8. The summed E-state index contributed by atoms with van der Waals surface area (Å²) in [7, 11) is 0. The van der Waals surface area contributed by atoms with E-state index >= 15 is 0 Å². The van der Waals surface area contributed by atoms with Crippen molar-refractivity contribution in [3.05, 3.63) is 22.5 Å². The smallest absolute Gasteiger partial charge is 0.245 e. The maximum absolute atomic E-state index is 13.1. The highest BCUT2D eigenvalue weighted by molar-refractivity contribution is 7.19. The van der Waals surface area contributed by atoms with Crippen LogP contribution in [0.4, 0.5) is 5.00 Å². The van der Waals surface area contributed by atoms with Crippen LogP contribution in [0.3, 0.4) is 0 Å². The van der Waals surface area contributed by atoms with Crippen molar-refractivity contribution in [3.63, 3.8) is 0 Å². The number of piperidine rings is 1. The molecule has 2 aromatic rings. The first-order chi connectivity index (χ1) is 11.6. The standard InChI is InChI=1S/C18H23N3OS2/c1-12(2)21-15(17(22)20-7-4-3-5-8-20)10-14-18(21)24-16(19-14)13-6-9-23-11-13/h6,9,11-12,15H,3-5,7-8,10H2,1-2H3. The normalized spacial score (nSPS) is 20.7. The minimum atomic E-state index is -0.0617. The largest absolute Gasteiger partial charge is 0.347 e. The Hall–Kier alpha value is -1.40. The van der Waals surface area contributed by atoms with Crippen LogP contribution in [-0.4, -0.2) is 41.0 Å². The Morgan fingerprint density at radius 3 is 2.75 bits per heavy atom. The fraction of sp³-hybridized carbons (Fsp3) is 0.556. The van der Waals surface area contributed by atoms with Gasteiger partial charge in [0.2, 0.25) is 5.91 Å². The number of fused-ring (bicyclic) bond motifs is 1. The number of carbonyl (C=O) groups excluding carboxylic acids is 1. The second-order valence-electron chi connectivity index (χ2n) is 6.89. The lowest BCUT2D eigenvalue weighted by atomic mass is 10.1. The molecule has 1 unspecified atom stereocenters. The average Bonchev–Trinajstić information content (AvgIpc) is 3.29. The van der Waals surface area contributed by atoms with E-state index in [1.54, 1.807) is 22.7 Å². The van der Waals surface area contributed by atoms with Crippen molar-refractivity contribution in [2.45, 2.75) is 51.6 Å². The highest BCUT2D eigenvalue weighted by atomic mass is 32.1. The molecule has 1 saturated heterocycles. The van der Waals surface area contributed by atoms with E-state index in [2.05, 4.69) is 40.5 Å². The van der Waals surface area contributed by atoms with Crippen molar-refractivity contribution in [3.8, 4) is 10.6 Å². The van der Waals surface area contributed by atoms with Gasteiger partial charge in [0.05, 0.1) is 5.69 Å². The van der Waals surface area contributed by atoms with Crippen molar-refractivity contribution in [2.75, 3.05) is 18.0 Å². The lowest BCUT2D eigenvalue weighted by Crippen LogP contribution is -2.51. The number of thiophene rings is 1. The number of hydrogen-bond acceptors (Lipinski definition) is 5. The summed E-state index contributed by atoms with van der Waals surface area (Å²) in [5.41, 5.74) is 2.30. The second kappa shape index (κ2) is 6.48. The summed E-state index contributed by atoms with van der Waals surface area (Å²) in [6, 6.07) is 2.36. The molecular weight excluding hydrogens is 338 g/mol. The molecule has 1 fully saturated rings. The van der Waals surface area contributed by atoms with Crippen molar-refractivity contribution >= 4 is 33.6 Å². The molecule has 0 aliphatic carbocycles. The van der Waals surface area contributed by atoms with Crippen LogP contribution in [0.5, 0.6) is 0 Å². The van der Waals surface area contributed by atoms with Gasteiger partial charge in [-0.2, -0.15) is 11.3 Å². The van der Waals surface area contributed by atoms with E-state index in [9.17, 15) is 4.79 Å². The van der Waals surface area contributed by atoms with Crippen LogP contribution in [0.15, 0.2) is 16.8 Å². The van der Waals surface area contributed by atoms with Crippen LogP contribution in [-0.2, 0) is 11.2 Å². The van der Waals surface area contributed by atoms with Crippen LogP contribution in [0, 0.1) is 0 Å². The Labute approximate surface area is 151 Å². The average molecular weight is 362 g/mol. The number of aromatic nitrogens is 1. The Morgan fingerprint density at radius 1 is 1.29 bits per heavy atom. The maximum atomic E-state index is 13.1. The van der Waals surface area contributed by atoms with Crippen LogP contribution >= 0.6 is 22.7 Å². The van der Waals surface area contributed by atoms with Gasteiger partial charge in [0.15, 0.2) is 0 Å². The van der Waals surface area contributed by atoms with E-state index in [-0.39, 0.29) is 6.04 Å². The topological polar surface area (TPSA) is 36.4 Å². The molecule has 4 nitrogen and oxygen atoms in total. The lowest BCUT2D eigenvalue weighted by Gasteiger charge is -2.35. The second-order valence-corrected chi connectivity index (χ2v) is 8.65. The minimum absolute atomic E-state index is 0.0617. The first-order valence-corrected chi connectivity index (χ1v) is 10.5.